The highest BCUT2D eigenvalue weighted by Crippen LogP contribution is 1.74. The molecule has 0 saturated carbocycles. The molecular weight excluding hydrogens is 504 g/mol. The van der Waals surface area contributed by atoms with Crippen LogP contribution >= 0.6 is 0 Å². The van der Waals surface area contributed by atoms with Crippen LogP contribution in [0.2, 0.25) is 0 Å². The average molecular weight is 553 g/mol. The molecule has 36 heavy (non-hydrogen) atoms. The fourth-order valence-corrected chi connectivity index (χ4v) is 0.346. The van der Waals surface area contributed by atoms with Crippen LogP contribution in [0.25, 0.3) is 0 Å². The zero-order valence-corrected chi connectivity index (χ0v) is 20.0. The maximum Gasteiger partial charge on any atom is 0.100 e. The Bertz CT molecular complexity index is 229. The first-order valence-electron chi connectivity index (χ1n) is 10.2. The van der Waals surface area contributed by atoms with E-state index in [1.165, 1.54) is 0 Å². The first kappa shape index (κ1) is 48.4. The molecule has 0 unspecified atom stereocenters. The summed E-state index contributed by atoms with van der Waals surface area (Å²) in [6.07, 6.45) is -5.72. The molecule has 0 atom stereocenters. The summed E-state index contributed by atoms with van der Waals surface area (Å²) in [7, 11) is 0. The summed E-state index contributed by atoms with van der Waals surface area (Å²) in [5.41, 5.74) is 0. The van der Waals surface area contributed by atoms with Gasteiger partial charge in [-0.15, -0.1) is 0 Å². The second-order valence-electron chi connectivity index (χ2n) is 6.11. The van der Waals surface area contributed by atoms with E-state index in [1.807, 2.05) is 0 Å². The van der Waals surface area contributed by atoms with Crippen molar-refractivity contribution in [3.8, 4) is 0 Å². The maximum absolute atomic E-state index is 8.17. The van der Waals surface area contributed by atoms with E-state index < -0.39 is 36.6 Å². The molecule has 0 fully saturated rings. The van der Waals surface area contributed by atoms with Crippen molar-refractivity contribution in [1.82, 2.24) is 0 Å². The molecule has 0 amide bonds. The molecule has 0 spiro atoms. The average Bonchev–Trinajstić information content (AvgIpc) is 2.95. The third kappa shape index (κ3) is 64.0. The number of hydrogen-bond acceptors (Lipinski definition) is 18. The lowest BCUT2D eigenvalue weighted by Crippen LogP contribution is -2.15. The number of aliphatic hydroxyl groups is 18. The predicted octanol–water partition coefficient (Wildman–Crippen LogP) is -10.0. The molecule has 228 valence electrons. The van der Waals surface area contributed by atoms with E-state index >= 15 is 0 Å². The molecule has 0 heterocycles. The van der Waals surface area contributed by atoms with Gasteiger partial charge in [-0.25, -0.2) is 0 Å². The molecule has 0 aliphatic carbocycles. The van der Waals surface area contributed by atoms with E-state index in [0.29, 0.717) is 0 Å². The van der Waals surface area contributed by atoms with Gasteiger partial charge in [-0.1, -0.05) is 0 Å². The van der Waals surface area contributed by atoms with E-state index in [4.69, 9.17) is 91.9 Å². The standard InChI is InChI=1S/6C3H8O3/c6*4-1-3(6)2-5/h6*3-6H,1-2H2. The first-order valence-corrected chi connectivity index (χ1v) is 10.2. The third-order valence-corrected chi connectivity index (χ3v) is 2.53. The minimum absolute atomic E-state index is 0.365. The minimum atomic E-state index is -0.954. The maximum atomic E-state index is 8.17. The number of hydrogen-bond donors (Lipinski definition) is 18. The first-order chi connectivity index (χ1) is 16.8. The smallest absolute Gasteiger partial charge is 0.100 e. The van der Waals surface area contributed by atoms with Crippen LogP contribution in [0.5, 0.6) is 0 Å². The van der Waals surface area contributed by atoms with Gasteiger partial charge in [-0.05, 0) is 0 Å². The fraction of sp³-hybridized carbons (Fsp3) is 1.00. The Kier molecular flexibility index (Phi) is 59.5. The van der Waals surface area contributed by atoms with Gasteiger partial charge >= 0.3 is 0 Å². The predicted molar refractivity (Wildman–Crippen MR) is 121 cm³/mol. The number of rotatable bonds is 12. The van der Waals surface area contributed by atoms with Crippen LogP contribution in [0.4, 0.5) is 0 Å². The number of aliphatic hydroxyl groups excluding tert-OH is 18. The van der Waals surface area contributed by atoms with Gasteiger partial charge in [0.2, 0.25) is 0 Å². The SMILES string of the molecule is OCC(O)CO.OCC(O)CO.OCC(O)CO.OCC(O)CO.OCC(O)CO.OCC(O)CO. The molecule has 0 aromatic heterocycles. The summed E-state index contributed by atoms with van der Waals surface area (Å²) in [5.74, 6) is 0. The molecule has 0 aromatic rings. The largest absolute Gasteiger partial charge is 0.394 e. The van der Waals surface area contributed by atoms with Crippen LogP contribution in [0.3, 0.4) is 0 Å². The second-order valence-corrected chi connectivity index (χ2v) is 6.11. The van der Waals surface area contributed by atoms with E-state index in [-0.39, 0.29) is 79.3 Å². The van der Waals surface area contributed by atoms with Gasteiger partial charge in [-0.2, -0.15) is 0 Å². The third-order valence-electron chi connectivity index (χ3n) is 2.53. The van der Waals surface area contributed by atoms with Crippen LogP contribution in [-0.2, 0) is 0 Å². The molecule has 0 bridgehead atoms. The topological polar surface area (TPSA) is 364 Å². The van der Waals surface area contributed by atoms with Gasteiger partial charge in [-0.3, -0.25) is 0 Å². The Morgan fingerprint density at radius 3 is 0.250 bits per heavy atom. The highest BCUT2D eigenvalue weighted by Gasteiger charge is 1.96. The minimum Gasteiger partial charge on any atom is -0.394 e. The summed E-state index contributed by atoms with van der Waals surface area (Å²) >= 11 is 0. The van der Waals surface area contributed by atoms with E-state index in [2.05, 4.69) is 0 Å². The molecule has 0 saturated heterocycles. The van der Waals surface area contributed by atoms with Gasteiger partial charge in [0, 0.05) is 0 Å². The van der Waals surface area contributed by atoms with Crippen LogP contribution < -0.4 is 0 Å². The van der Waals surface area contributed by atoms with E-state index in [0.717, 1.165) is 0 Å². The summed E-state index contributed by atoms with van der Waals surface area (Å²) < 4.78 is 0. The van der Waals surface area contributed by atoms with Crippen LogP contribution in [0.15, 0.2) is 0 Å². The van der Waals surface area contributed by atoms with Crippen molar-refractivity contribution in [2.45, 2.75) is 36.6 Å². The zero-order chi connectivity index (χ0) is 29.9. The fourth-order valence-electron chi connectivity index (χ4n) is 0.346. The normalized spacial score (nSPS) is 10.0. The van der Waals surface area contributed by atoms with Crippen LogP contribution in [0.1, 0.15) is 0 Å². The van der Waals surface area contributed by atoms with Gasteiger partial charge in [0.05, 0.1) is 79.3 Å². The Labute approximate surface area is 208 Å². The lowest BCUT2D eigenvalue weighted by molar-refractivity contribution is 0.0450. The monoisotopic (exact) mass is 552 g/mol. The van der Waals surface area contributed by atoms with Crippen LogP contribution in [-0.4, -0.2) is 208 Å². The summed E-state index contributed by atoms with van der Waals surface area (Å²) in [6, 6.07) is 0. The van der Waals surface area contributed by atoms with Crippen LogP contribution in [0, 0.1) is 0 Å². The molecule has 18 nitrogen and oxygen atoms in total. The molecule has 0 aliphatic heterocycles. The van der Waals surface area contributed by atoms with Gasteiger partial charge in [0.1, 0.15) is 36.6 Å². The van der Waals surface area contributed by atoms with Crippen molar-refractivity contribution in [1.29, 1.82) is 0 Å². The summed E-state index contributed by atoms with van der Waals surface area (Å²) in [5, 5.41) is 144. The van der Waals surface area contributed by atoms with E-state index in [9.17, 15) is 0 Å². The lowest BCUT2D eigenvalue weighted by atomic mass is 10.4. The molecule has 0 aromatic carbocycles. The Morgan fingerprint density at radius 1 is 0.194 bits per heavy atom. The van der Waals surface area contributed by atoms with E-state index in [1.54, 1.807) is 0 Å². The zero-order valence-electron chi connectivity index (χ0n) is 20.0. The quantitative estimate of drug-likeness (QED) is 0.107. The van der Waals surface area contributed by atoms with Crippen molar-refractivity contribution >= 4 is 0 Å². The molecule has 0 aliphatic rings. The van der Waals surface area contributed by atoms with Crippen molar-refractivity contribution in [3.63, 3.8) is 0 Å². The molecule has 18 N–H and O–H groups in total. The Hall–Kier alpha value is -0.720. The molecule has 0 radical (unpaired) electrons. The van der Waals surface area contributed by atoms with Crippen molar-refractivity contribution in [3.05, 3.63) is 0 Å². The highest BCUT2D eigenvalue weighted by molar-refractivity contribution is 4.46. The molecule has 0 rings (SSSR count). The molecule has 18 heteroatoms. The molecular formula is C18H48O18. The Morgan fingerprint density at radius 2 is 0.250 bits per heavy atom. The van der Waals surface area contributed by atoms with Gasteiger partial charge in [0.25, 0.3) is 0 Å². The van der Waals surface area contributed by atoms with Gasteiger partial charge in [0.15, 0.2) is 0 Å². The summed E-state index contributed by atoms with van der Waals surface area (Å²) in [4.78, 5) is 0. The van der Waals surface area contributed by atoms with Gasteiger partial charge < -0.3 is 91.9 Å². The van der Waals surface area contributed by atoms with Crippen molar-refractivity contribution in [2.75, 3.05) is 79.3 Å². The van der Waals surface area contributed by atoms with Crippen molar-refractivity contribution < 1.29 is 91.9 Å². The second kappa shape index (κ2) is 44.3. The Balaban J connectivity index is -0.0000000750. The summed E-state index contributed by atoms with van der Waals surface area (Å²) in [6.45, 7) is -4.37. The van der Waals surface area contributed by atoms with Crippen molar-refractivity contribution in [2.24, 2.45) is 0 Å². The lowest BCUT2D eigenvalue weighted by Gasteiger charge is -1.96. The highest BCUT2D eigenvalue weighted by atomic mass is 16.4.